The summed E-state index contributed by atoms with van der Waals surface area (Å²) in [6.07, 6.45) is 3.50. The molecule has 0 aliphatic carbocycles. The van der Waals surface area contributed by atoms with E-state index in [0.29, 0.717) is 11.9 Å². The SMILES string of the molecule is CCN1CCCCC1C(=O)N1CCN[C@H](C)C1.Cl. The fourth-order valence-corrected chi connectivity index (χ4v) is 2.99. The largest absolute Gasteiger partial charge is 0.339 e. The van der Waals surface area contributed by atoms with Crippen molar-refractivity contribution in [1.29, 1.82) is 0 Å². The van der Waals surface area contributed by atoms with Gasteiger partial charge in [-0.3, -0.25) is 9.69 Å². The molecule has 0 aromatic heterocycles. The maximum absolute atomic E-state index is 12.5. The van der Waals surface area contributed by atoms with Crippen LogP contribution in [0.2, 0.25) is 0 Å². The van der Waals surface area contributed by atoms with Crippen LogP contribution in [0.4, 0.5) is 0 Å². The average Bonchev–Trinajstić information content (AvgIpc) is 2.38. The third-order valence-electron chi connectivity index (χ3n) is 3.99. The smallest absolute Gasteiger partial charge is 0.240 e. The van der Waals surface area contributed by atoms with Gasteiger partial charge in [0.2, 0.25) is 5.91 Å². The number of rotatable bonds is 2. The van der Waals surface area contributed by atoms with Gasteiger partial charge < -0.3 is 10.2 Å². The van der Waals surface area contributed by atoms with Crippen LogP contribution in [-0.2, 0) is 4.79 Å². The predicted octanol–water partition coefficient (Wildman–Crippen LogP) is 1.10. The quantitative estimate of drug-likeness (QED) is 0.820. The third kappa shape index (κ3) is 3.59. The number of piperidine rings is 1. The lowest BCUT2D eigenvalue weighted by Crippen LogP contribution is -2.57. The van der Waals surface area contributed by atoms with Crippen molar-refractivity contribution in [2.24, 2.45) is 0 Å². The lowest BCUT2D eigenvalue weighted by molar-refractivity contribution is -0.139. The second-order valence-electron chi connectivity index (χ2n) is 5.28. The number of carbonyl (C=O) groups is 1. The number of hydrogen-bond acceptors (Lipinski definition) is 3. The zero-order valence-electron chi connectivity index (χ0n) is 11.5. The molecule has 18 heavy (non-hydrogen) atoms. The number of nitrogens with zero attached hydrogens (tertiary/aromatic N) is 2. The number of hydrogen-bond donors (Lipinski definition) is 1. The van der Waals surface area contributed by atoms with Crippen LogP contribution in [0.25, 0.3) is 0 Å². The van der Waals surface area contributed by atoms with Gasteiger partial charge in [-0.05, 0) is 32.9 Å². The van der Waals surface area contributed by atoms with Crippen molar-refractivity contribution in [2.45, 2.75) is 45.2 Å². The first-order valence-electron chi connectivity index (χ1n) is 6.98. The molecule has 0 aromatic rings. The van der Waals surface area contributed by atoms with E-state index in [2.05, 4.69) is 29.0 Å². The van der Waals surface area contributed by atoms with Gasteiger partial charge in [0.05, 0.1) is 6.04 Å². The number of likely N-dealkylation sites (tertiary alicyclic amines) is 1. The average molecular weight is 276 g/mol. The molecule has 2 atom stereocenters. The lowest BCUT2D eigenvalue weighted by atomic mass is 10.0. The minimum absolute atomic E-state index is 0. The van der Waals surface area contributed by atoms with Gasteiger partial charge in [-0.25, -0.2) is 0 Å². The summed E-state index contributed by atoms with van der Waals surface area (Å²) in [5.41, 5.74) is 0. The Morgan fingerprint density at radius 3 is 2.78 bits per heavy atom. The first-order valence-corrected chi connectivity index (χ1v) is 6.98. The molecule has 5 heteroatoms. The lowest BCUT2D eigenvalue weighted by Gasteiger charge is -2.39. The molecule has 1 N–H and O–H groups in total. The summed E-state index contributed by atoms with van der Waals surface area (Å²) in [5.74, 6) is 0.361. The number of nitrogens with one attached hydrogen (secondary N) is 1. The van der Waals surface area contributed by atoms with Gasteiger partial charge >= 0.3 is 0 Å². The Balaban J connectivity index is 0.00000162. The predicted molar refractivity (Wildman–Crippen MR) is 76.2 cm³/mol. The van der Waals surface area contributed by atoms with E-state index < -0.39 is 0 Å². The van der Waals surface area contributed by atoms with Gasteiger partial charge in [0.15, 0.2) is 0 Å². The van der Waals surface area contributed by atoms with E-state index in [0.717, 1.165) is 39.1 Å². The molecule has 2 saturated heterocycles. The summed E-state index contributed by atoms with van der Waals surface area (Å²) >= 11 is 0. The van der Waals surface area contributed by atoms with E-state index in [9.17, 15) is 4.79 Å². The fraction of sp³-hybridized carbons (Fsp3) is 0.923. The second-order valence-corrected chi connectivity index (χ2v) is 5.28. The monoisotopic (exact) mass is 275 g/mol. The first kappa shape index (κ1) is 15.7. The summed E-state index contributed by atoms with van der Waals surface area (Å²) in [4.78, 5) is 16.9. The molecule has 1 unspecified atom stereocenters. The molecule has 2 rings (SSSR count). The van der Waals surface area contributed by atoms with Crippen molar-refractivity contribution in [3.8, 4) is 0 Å². The molecule has 0 aromatic carbocycles. The summed E-state index contributed by atoms with van der Waals surface area (Å²) in [6.45, 7) is 9.08. The van der Waals surface area contributed by atoms with E-state index in [4.69, 9.17) is 0 Å². The highest BCUT2D eigenvalue weighted by Crippen LogP contribution is 2.19. The zero-order valence-corrected chi connectivity index (χ0v) is 12.3. The molecule has 0 bridgehead atoms. The van der Waals surface area contributed by atoms with Crippen LogP contribution in [0.1, 0.15) is 33.1 Å². The Labute approximate surface area is 116 Å². The van der Waals surface area contributed by atoms with Gasteiger partial charge in [-0.1, -0.05) is 13.3 Å². The Hall–Kier alpha value is -0.320. The second kappa shape index (κ2) is 7.31. The molecule has 0 radical (unpaired) electrons. The van der Waals surface area contributed by atoms with Crippen molar-refractivity contribution in [1.82, 2.24) is 15.1 Å². The van der Waals surface area contributed by atoms with Gasteiger partial charge in [0.1, 0.15) is 0 Å². The molecule has 2 aliphatic heterocycles. The van der Waals surface area contributed by atoms with Gasteiger partial charge in [-0.2, -0.15) is 0 Å². The number of halogens is 1. The van der Waals surface area contributed by atoms with Crippen LogP contribution in [-0.4, -0.2) is 60.5 Å². The molecule has 1 amide bonds. The molecular formula is C13H26ClN3O. The third-order valence-corrected chi connectivity index (χ3v) is 3.99. The van der Waals surface area contributed by atoms with E-state index in [1.54, 1.807) is 0 Å². The molecule has 0 spiro atoms. The van der Waals surface area contributed by atoms with Crippen molar-refractivity contribution < 1.29 is 4.79 Å². The molecule has 2 fully saturated rings. The van der Waals surface area contributed by atoms with Gasteiger partial charge in [0, 0.05) is 25.7 Å². The maximum atomic E-state index is 12.5. The molecule has 4 nitrogen and oxygen atoms in total. The van der Waals surface area contributed by atoms with E-state index in [1.165, 1.54) is 12.8 Å². The van der Waals surface area contributed by atoms with E-state index in [-0.39, 0.29) is 18.4 Å². The highest BCUT2D eigenvalue weighted by atomic mass is 35.5. The van der Waals surface area contributed by atoms with Crippen molar-refractivity contribution in [3.05, 3.63) is 0 Å². The minimum atomic E-state index is 0. The minimum Gasteiger partial charge on any atom is -0.339 e. The van der Waals surface area contributed by atoms with Crippen LogP contribution in [0.5, 0.6) is 0 Å². The Kier molecular flexibility index (Phi) is 6.39. The summed E-state index contributed by atoms with van der Waals surface area (Å²) in [6, 6.07) is 0.588. The standard InChI is InChI=1S/C13H25N3O.ClH/c1-3-15-8-5-4-6-12(15)13(17)16-9-7-14-11(2)10-16;/h11-12,14H,3-10H2,1-2H3;1H/t11-,12?;/m1./s1. The van der Waals surface area contributed by atoms with Crippen molar-refractivity contribution in [3.63, 3.8) is 0 Å². The summed E-state index contributed by atoms with van der Waals surface area (Å²) in [5, 5.41) is 3.39. The fourth-order valence-electron chi connectivity index (χ4n) is 2.99. The molecule has 2 aliphatic rings. The van der Waals surface area contributed by atoms with E-state index >= 15 is 0 Å². The highest BCUT2D eigenvalue weighted by Gasteiger charge is 2.32. The van der Waals surface area contributed by atoms with Crippen LogP contribution in [0, 0.1) is 0 Å². The molecule has 2 heterocycles. The molecular weight excluding hydrogens is 250 g/mol. The van der Waals surface area contributed by atoms with Gasteiger partial charge in [-0.15, -0.1) is 12.4 Å². The normalized spacial score (nSPS) is 29.8. The van der Waals surface area contributed by atoms with Gasteiger partial charge in [0.25, 0.3) is 0 Å². The molecule has 0 saturated carbocycles. The zero-order chi connectivity index (χ0) is 12.3. The summed E-state index contributed by atoms with van der Waals surface area (Å²) < 4.78 is 0. The van der Waals surface area contributed by atoms with Crippen LogP contribution in [0.15, 0.2) is 0 Å². The summed E-state index contributed by atoms with van der Waals surface area (Å²) in [7, 11) is 0. The number of piperazine rings is 1. The topological polar surface area (TPSA) is 35.6 Å². The van der Waals surface area contributed by atoms with Crippen LogP contribution in [0.3, 0.4) is 0 Å². The maximum Gasteiger partial charge on any atom is 0.240 e. The number of amides is 1. The Morgan fingerprint density at radius 1 is 1.33 bits per heavy atom. The first-order chi connectivity index (χ1) is 8.22. The number of likely N-dealkylation sites (N-methyl/N-ethyl adjacent to an activating group) is 1. The van der Waals surface area contributed by atoms with Crippen LogP contribution >= 0.6 is 12.4 Å². The number of carbonyl (C=O) groups excluding carboxylic acids is 1. The van der Waals surface area contributed by atoms with E-state index in [1.807, 2.05) is 0 Å². The van der Waals surface area contributed by atoms with Crippen molar-refractivity contribution in [2.75, 3.05) is 32.7 Å². The highest BCUT2D eigenvalue weighted by molar-refractivity contribution is 5.85. The Morgan fingerprint density at radius 2 is 2.11 bits per heavy atom. The Bertz CT molecular complexity index is 275. The molecule has 106 valence electrons. The van der Waals surface area contributed by atoms with Crippen LogP contribution < -0.4 is 5.32 Å². The van der Waals surface area contributed by atoms with Crippen molar-refractivity contribution >= 4 is 18.3 Å².